The normalized spacial score (nSPS) is 14.7. The average Bonchev–Trinajstić information content (AvgIpc) is 3.10. The highest BCUT2D eigenvalue weighted by molar-refractivity contribution is 8.04. The number of nitrogens with one attached hydrogen (secondary N) is 1. The molecule has 1 N–H and O–H groups in total. The summed E-state index contributed by atoms with van der Waals surface area (Å²) >= 11 is 1.39. The standard InChI is InChI=1S/C20H14N2O4S/c1-12-10-13(22(24)25)6-8-15(12)17-9-7-14(26-17)11-19-20(23)21-16-4-2-3-5-18(16)27-19/h2-11H,1H3,(H,21,23)/b19-11-. The molecule has 2 aromatic carbocycles. The van der Waals surface area contributed by atoms with Crippen LogP contribution >= 0.6 is 11.8 Å². The van der Waals surface area contributed by atoms with E-state index in [0.29, 0.717) is 16.4 Å². The second-order valence-electron chi connectivity index (χ2n) is 6.02. The summed E-state index contributed by atoms with van der Waals surface area (Å²) in [4.78, 5) is 24.3. The van der Waals surface area contributed by atoms with Crippen LogP contribution in [0.1, 0.15) is 11.3 Å². The SMILES string of the molecule is Cc1cc([N+](=O)[O-])ccc1-c1ccc(/C=C2\Sc3ccccc3NC2=O)o1. The highest BCUT2D eigenvalue weighted by Crippen LogP contribution is 2.39. The Morgan fingerprint density at radius 3 is 2.74 bits per heavy atom. The number of thioether (sulfide) groups is 1. The van der Waals surface area contributed by atoms with E-state index in [2.05, 4.69) is 5.32 Å². The van der Waals surface area contributed by atoms with Crippen molar-refractivity contribution in [3.05, 3.63) is 80.9 Å². The summed E-state index contributed by atoms with van der Waals surface area (Å²) in [6.45, 7) is 1.80. The molecular weight excluding hydrogens is 364 g/mol. The minimum absolute atomic E-state index is 0.0408. The monoisotopic (exact) mass is 378 g/mol. The Hall–Kier alpha value is -3.32. The molecule has 7 heteroatoms. The summed E-state index contributed by atoms with van der Waals surface area (Å²) in [5.41, 5.74) is 2.36. The molecule has 0 aliphatic carbocycles. The number of fused-ring (bicyclic) bond motifs is 1. The molecule has 0 bridgehead atoms. The number of amides is 1. The summed E-state index contributed by atoms with van der Waals surface area (Å²) in [6, 6.07) is 15.8. The smallest absolute Gasteiger partial charge is 0.269 e. The van der Waals surface area contributed by atoms with Crippen LogP contribution in [0.5, 0.6) is 0 Å². The largest absolute Gasteiger partial charge is 0.457 e. The highest BCUT2D eigenvalue weighted by Gasteiger charge is 2.21. The van der Waals surface area contributed by atoms with Gasteiger partial charge in [-0.05, 0) is 42.8 Å². The predicted molar refractivity (Wildman–Crippen MR) is 104 cm³/mol. The molecule has 0 radical (unpaired) electrons. The van der Waals surface area contributed by atoms with E-state index in [-0.39, 0.29) is 11.6 Å². The van der Waals surface area contributed by atoms with Gasteiger partial charge in [0.2, 0.25) is 0 Å². The first-order chi connectivity index (χ1) is 13.0. The van der Waals surface area contributed by atoms with Crippen molar-refractivity contribution < 1.29 is 14.1 Å². The van der Waals surface area contributed by atoms with Crippen molar-refractivity contribution in [1.82, 2.24) is 0 Å². The summed E-state index contributed by atoms with van der Waals surface area (Å²) in [5, 5.41) is 13.7. The van der Waals surface area contributed by atoms with Crippen LogP contribution < -0.4 is 5.32 Å². The van der Waals surface area contributed by atoms with Gasteiger partial charge < -0.3 is 9.73 Å². The lowest BCUT2D eigenvalue weighted by atomic mass is 10.1. The molecular formula is C20H14N2O4S. The van der Waals surface area contributed by atoms with Crippen LogP contribution in [-0.4, -0.2) is 10.8 Å². The lowest BCUT2D eigenvalue weighted by Crippen LogP contribution is -2.16. The first kappa shape index (κ1) is 17.1. The van der Waals surface area contributed by atoms with Crippen LogP contribution in [0.15, 0.2) is 68.8 Å². The van der Waals surface area contributed by atoms with Crippen LogP contribution in [0.3, 0.4) is 0 Å². The molecule has 0 unspecified atom stereocenters. The number of non-ortho nitro benzene ring substituents is 1. The molecule has 27 heavy (non-hydrogen) atoms. The Morgan fingerprint density at radius 2 is 1.96 bits per heavy atom. The summed E-state index contributed by atoms with van der Waals surface area (Å²) in [7, 11) is 0. The molecule has 0 saturated heterocycles. The number of rotatable bonds is 3. The Balaban J connectivity index is 1.63. The van der Waals surface area contributed by atoms with E-state index >= 15 is 0 Å². The third-order valence-electron chi connectivity index (χ3n) is 4.17. The Bertz CT molecular complexity index is 1100. The number of anilines is 1. The maximum Gasteiger partial charge on any atom is 0.269 e. The van der Waals surface area contributed by atoms with Crippen molar-refractivity contribution in [1.29, 1.82) is 0 Å². The zero-order valence-electron chi connectivity index (χ0n) is 14.3. The Morgan fingerprint density at radius 1 is 1.15 bits per heavy atom. The van der Waals surface area contributed by atoms with Gasteiger partial charge in [0, 0.05) is 28.7 Å². The number of para-hydroxylation sites is 1. The third kappa shape index (κ3) is 3.37. The number of nitro groups is 1. The highest BCUT2D eigenvalue weighted by atomic mass is 32.2. The number of carbonyl (C=O) groups excluding carboxylic acids is 1. The van der Waals surface area contributed by atoms with Crippen LogP contribution in [-0.2, 0) is 4.79 Å². The zero-order valence-corrected chi connectivity index (χ0v) is 15.1. The first-order valence-corrected chi connectivity index (χ1v) is 8.98. The fourth-order valence-electron chi connectivity index (χ4n) is 2.84. The van der Waals surface area contributed by atoms with Crippen molar-refractivity contribution in [3.63, 3.8) is 0 Å². The van der Waals surface area contributed by atoms with Gasteiger partial charge in [0.25, 0.3) is 11.6 Å². The van der Waals surface area contributed by atoms with Crippen LogP contribution in [0.2, 0.25) is 0 Å². The molecule has 0 spiro atoms. The molecule has 0 atom stereocenters. The van der Waals surface area contributed by atoms with Crippen molar-refractivity contribution in [2.24, 2.45) is 0 Å². The minimum Gasteiger partial charge on any atom is -0.457 e. The second-order valence-corrected chi connectivity index (χ2v) is 7.10. The molecule has 4 rings (SSSR count). The quantitative estimate of drug-likeness (QED) is 0.382. The number of carbonyl (C=O) groups is 1. The lowest BCUT2D eigenvalue weighted by molar-refractivity contribution is -0.384. The second kappa shape index (κ2) is 6.77. The Kier molecular flexibility index (Phi) is 4.29. The first-order valence-electron chi connectivity index (χ1n) is 8.16. The van der Waals surface area contributed by atoms with E-state index in [1.54, 1.807) is 31.2 Å². The van der Waals surface area contributed by atoms with E-state index in [4.69, 9.17) is 4.42 Å². The van der Waals surface area contributed by atoms with Gasteiger partial charge in [-0.2, -0.15) is 0 Å². The number of hydrogen-bond donors (Lipinski definition) is 1. The average molecular weight is 378 g/mol. The molecule has 2 heterocycles. The van der Waals surface area contributed by atoms with Crippen molar-refractivity contribution in [2.75, 3.05) is 5.32 Å². The van der Waals surface area contributed by atoms with E-state index in [0.717, 1.165) is 21.7 Å². The van der Waals surface area contributed by atoms with Crippen LogP contribution in [0.4, 0.5) is 11.4 Å². The maximum atomic E-state index is 12.3. The van der Waals surface area contributed by atoms with Gasteiger partial charge in [-0.25, -0.2) is 0 Å². The van der Waals surface area contributed by atoms with E-state index in [1.165, 1.54) is 23.9 Å². The van der Waals surface area contributed by atoms with Crippen molar-refractivity contribution >= 4 is 35.1 Å². The van der Waals surface area contributed by atoms with Crippen LogP contribution in [0.25, 0.3) is 17.4 Å². The van der Waals surface area contributed by atoms with Crippen LogP contribution in [0, 0.1) is 17.0 Å². The van der Waals surface area contributed by atoms with E-state index < -0.39 is 4.92 Å². The molecule has 1 aromatic heterocycles. The van der Waals surface area contributed by atoms with Gasteiger partial charge in [0.15, 0.2) is 0 Å². The number of nitro benzene ring substituents is 1. The van der Waals surface area contributed by atoms with E-state index in [1.807, 2.05) is 24.3 Å². The number of hydrogen-bond acceptors (Lipinski definition) is 5. The van der Waals surface area contributed by atoms with Gasteiger partial charge >= 0.3 is 0 Å². The van der Waals surface area contributed by atoms with Crippen molar-refractivity contribution in [2.45, 2.75) is 11.8 Å². The fraction of sp³-hybridized carbons (Fsp3) is 0.0500. The molecule has 1 amide bonds. The summed E-state index contributed by atoms with van der Waals surface area (Å²) in [6.07, 6.45) is 1.69. The predicted octanol–water partition coefficient (Wildman–Crippen LogP) is 5.25. The number of furan rings is 1. The molecule has 0 fully saturated rings. The molecule has 1 aliphatic rings. The van der Waals surface area contributed by atoms with Gasteiger partial charge in [-0.3, -0.25) is 14.9 Å². The third-order valence-corrected chi connectivity index (χ3v) is 5.26. The lowest BCUT2D eigenvalue weighted by Gasteiger charge is -2.17. The molecule has 134 valence electrons. The topological polar surface area (TPSA) is 85.4 Å². The molecule has 0 saturated carbocycles. The minimum atomic E-state index is -0.425. The molecule has 1 aliphatic heterocycles. The summed E-state index contributed by atoms with van der Waals surface area (Å²) in [5.74, 6) is 0.957. The number of benzene rings is 2. The maximum absolute atomic E-state index is 12.3. The van der Waals surface area contributed by atoms with Gasteiger partial charge in [0.05, 0.1) is 15.5 Å². The fourth-order valence-corrected chi connectivity index (χ4v) is 3.78. The Labute approximate surface area is 159 Å². The molecule has 3 aromatic rings. The van der Waals surface area contributed by atoms with Crippen molar-refractivity contribution in [3.8, 4) is 11.3 Å². The van der Waals surface area contributed by atoms with E-state index in [9.17, 15) is 14.9 Å². The van der Waals surface area contributed by atoms with Gasteiger partial charge in [-0.15, -0.1) is 0 Å². The molecule has 6 nitrogen and oxygen atoms in total. The van der Waals surface area contributed by atoms with Gasteiger partial charge in [-0.1, -0.05) is 23.9 Å². The number of nitrogens with zero attached hydrogens (tertiary/aromatic N) is 1. The van der Waals surface area contributed by atoms with Gasteiger partial charge in [0.1, 0.15) is 11.5 Å². The zero-order chi connectivity index (χ0) is 19.0. The number of aryl methyl sites for hydroxylation is 1. The summed E-state index contributed by atoms with van der Waals surface area (Å²) < 4.78 is 5.85.